The number of allylic oxidation sites excluding steroid dienone is 4. The van der Waals surface area contributed by atoms with Crippen molar-refractivity contribution in [2.45, 2.75) is 13.0 Å². The van der Waals surface area contributed by atoms with Gasteiger partial charge in [0.25, 0.3) is 5.91 Å². The van der Waals surface area contributed by atoms with E-state index in [1.807, 2.05) is 36.6 Å². The minimum Gasteiger partial charge on any atom is -0.494 e. The van der Waals surface area contributed by atoms with Gasteiger partial charge in [0.15, 0.2) is 5.76 Å². The molecule has 0 radical (unpaired) electrons. The molecule has 0 fully saturated rings. The summed E-state index contributed by atoms with van der Waals surface area (Å²) in [5, 5.41) is 11.5. The second-order valence-corrected chi connectivity index (χ2v) is 9.91. The summed E-state index contributed by atoms with van der Waals surface area (Å²) >= 11 is 1.39. The third-order valence-corrected chi connectivity index (χ3v) is 7.53. The Morgan fingerprint density at radius 2 is 2.03 bits per heavy atom. The van der Waals surface area contributed by atoms with Crippen LogP contribution in [0.15, 0.2) is 101 Å². The molecular formula is C29H28N4O3S. The normalized spacial score (nSPS) is 18.1. The third-order valence-electron chi connectivity index (χ3n) is 6.62. The van der Waals surface area contributed by atoms with Gasteiger partial charge < -0.3 is 25.6 Å². The van der Waals surface area contributed by atoms with Crippen LogP contribution in [0, 0.1) is 6.92 Å². The molecule has 2 aromatic rings. The van der Waals surface area contributed by atoms with E-state index < -0.39 is 0 Å². The number of methoxy groups -OCH3 is 1. The quantitative estimate of drug-likeness (QED) is 0.412. The molecule has 1 aliphatic heterocycles. The fourth-order valence-corrected chi connectivity index (χ4v) is 5.26. The molecule has 37 heavy (non-hydrogen) atoms. The maximum absolute atomic E-state index is 13.2. The number of nitrogens with one attached hydrogen (secondary N) is 3. The zero-order valence-electron chi connectivity index (χ0n) is 20.9. The number of nitrogens with zero attached hydrogens (tertiary/aromatic N) is 1. The first-order valence-corrected chi connectivity index (χ1v) is 12.8. The summed E-state index contributed by atoms with van der Waals surface area (Å²) in [4.78, 5) is 28.1. The van der Waals surface area contributed by atoms with Crippen LogP contribution in [0.1, 0.15) is 15.2 Å². The van der Waals surface area contributed by atoms with Crippen molar-refractivity contribution in [3.63, 3.8) is 0 Å². The van der Waals surface area contributed by atoms with Crippen LogP contribution in [0.4, 0.5) is 17.1 Å². The average Bonchev–Trinajstić information content (AvgIpc) is 3.38. The second-order valence-electron chi connectivity index (χ2n) is 8.99. The van der Waals surface area contributed by atoms with Crippen molar-refractivity contribution in [2.24, 2.45) is 0 Å². The molecule has 1 aromatic carbocycles. The van der Waals surface area contributed by atoms with E-state index in [9.17, 15) is 9.59 Å². The summed E-state index contributed by atoms with van der Waals surface area (Å²) in [6.45, 7) is 6.26. The number of ketones is 1. The zero-order valence-corrected chi connectivity index (χ0v) is 21.7. The molecule has 188 valence electrons. The Balaban J connectivity index is 1.29. The van der Waals surface area contributed by atoms with E-state index >= 15 is 0 Å². The lowest BCUT2D eigenvalue weighted by molar-refractivity contribution is -0.113. The fraction of sp³-hybridized carbons (Fsp3) is 0.172. The number of Topliss-reactive ketones (excluding diaryl/α,β-unsaturated/α-hetero) is 1. The average molecular weight is 513 g/mol. The summed E-state index contributed by atoms with van der Waals surface area (Å²) < 4.78 is 5.26. The van der Waals surface area contributed by atoms with Gasteiger partial charge in [0, 0.05) is 25.0 Å². The van der Waals surface area contributed by atoms with Crippen LogP contribution >= 0.6 is 11.3 Å². The number of aryl methyl sites for hydroxylation is 1. The number of carbonyl (C=O) groups excluding carboxylic acids is 2. The van der Waals surface area contributed by atoms with E-state index in [0.29, 0.717) is 39.8 Å². The molecule has 5 rings (SSSR count). The Hall–Kier alpha value is -4.30. The molecule has 0 saturated carbocycles. The summed E-state index contributed by atoms with van der Waals surface area (Å²) in [6, 6.07) is 7.69. The Morgan fingerprint density at radius 3 is 2.84 bits per heavy atom. The lowest BCUT2D eigenvalue weighted by Gasteiger charge is -2.32. The van der Waals surface area contributed by atoms with E-state index in [4.69, 9.17) is 4.74 Å². The van der Waals surface area contributed by atoms with Gasteiger partial charge in [-0.3, -0.25) is 9.59 Å². The minimum atomic E-state index is -0.202. The topological polar surface area (TPSA) is 82.7 Å². The van der Waals surface area contributed by atoms with Crippen LogP contribution in [0.2, 0.25) is 0 Å². The van der Waals surface area contributed by atoms with Gasteiger partial charge in [0.1, 0.15) is 10.6 Å². The van der Waals surface area contributed by atoms with E-state index in [-0.39, 0.29) is 17.7 Å². The summed E-state index contributed by atoms with van der Waals surface area (Å²) in [6.07, 6.45) is 12.6. The van der Waals surface area contributed by atoms with Gasteiger partial charge in [-0.2, -0.15) is 0 Å². The highest BCUT2D eigenvalue weighted by molar-refractivity contribution is 7.12. The van der Waals surface area contributed by atoms with E-state index in [0.717, 1.165) is 11.3 Å². The number of rotatable bonds is 8. The molecule has 3 aliphatic rings. The van der Waals surface area contributed by atoms with Gasteiger partial charge in [0.05, 0.1) is 24.4 Å². The van der Waals surface area contributed by atoms with Crippen LogP contribution in [-0.2, 0) is 9.53 Å². The molecule has 0 bridgehead atoms. The molecule has 1 atom stereocenters. The molecule has 8 heteroatoms. The molecule has 3 N–H and O–H groups in total. The summed E-state index contributed by atoms with van der Waals surface area (Å²) in [5.41, 5.74) is 6.20. The highest BCUT2D eigenvalue weighted by Crippen LogP contribution is 2.33. The summed E-state index contributed by atoms with van der Waals surface area (Å²) in [5.74, 6) is 0.0726. The van der Waals surface area contributed by atoms with Crippen LogP contribution in [0.5, 0.6) is 0 Å². The molecule has 0 saturated heterocycles. The predicted molar refractivity (Wildman–Crippen MR) is 150 cm³/mol. The molecule has 1 unspecified atom stereocenters. The first-order valence-electron chi connectivity index (χ1n) is 11.9. The zero-order chi connectivity index (χ0) is 26.1. The van der Waals surface area contributed by atoms with E-state index in [1.54, 1.807) is 0 Å². The first kappa shape index (κ1) is 24.4. The molecule has 0 spiro atoms. The maximum atomic E-state index is 13.2. The Morgan fingerprint density at radius 1 is 1.19 bits per heavy atom. The largest absolute Gasteiger partial charge is 0.494 e. The second kappa shape index (κ2) is 9.99. The number of thiophene rings is 1. The standard InChI is InChI=1S/C29H28N4O3S/c1-17-9-10-20(15-23(17)32-25-26(34)18(2)27(25)36-4)31-29(35)28-22(12-14-37-28)30-16-19-11-13-33(3)24-8-6-5-7-21(19)24/h5-15,24,30,32H,2,16H2,1,3-4H3,(H,31,35). The number of amides is 1. The SMILES string of the molecule is C=C1C(=O)C(Nc2cc(NC(=O)c3sccc3NCC3=C4C=CC=CC4N(C)C=C3)ccc2C)=C1OC. The van der Waals surface area contributed by atoms with Crippen molar-refractivity contribution in [1.29, 1.82) is 0 Å². The van der Waals surface area contributed by atoms with Gasteiger partial charge in [-0.05, 0) is 59.5 Å². The molecule has 2 heterocycles. The van der Waals surface area contributed by atoms with Gasteiger partial charge >= 0.3 is 0 Å². The fourth-order valence-electron chi connectivity index (χ4n) is 4.50. The number of anilines is 3. The van der Waals surface area contributed by atoms with Gasteiger partial charge in [-0.25, -0.2) is 0 Å². The van der Waals surface area contributed by atoms with Crippen molar-refractivity contribution in [3.8, 4) is 0 Å². The van der Waals surface area contributed by atoms with Crippen molar-refractivity contribution in [1.82, 2.24) is 4.90 Å². The van der Waals surface area contributed by atoms with Gasteiger partial charge in [-0.15, -0.1) is 11.3 Å². The number of likely N-dealkylation sites (N-methyl/N-ethyl adjacent to an activating group) is 1. The number of hydrogen-bond acceptors (Lipinski definition) is 7. The smallest absolute Gasteiger partial charge is 0.267 e. The lowest BCUT2D eigenvalue weighted by Crippen LogP contribution is -2.31. The highest BCUT2D eigenvalue weighted by Gasteiger charge is 2.33. The molecule has 2 aliphatic carbocycles. The Labute approximate surface area is 220 Å². The number of fused-ring (bicyclic) bond motifs is 1. The monoisotopic (exact) mass is 512 g/mol. The molecular weight excluding hydrogens is 484 g/mol. The number of carbonyl (C=O) groups is 2. The minimum absolute atomic E-state index is 0.179. The van der Waals surface area contributed by atoms with E-state index in [2.05, 4.69) is 71.1 Å². The van der Waals surface area contributed by atoms with Crippen molar-refractivity contribution in [2.75, 3.05) is 36.7 Å². The van der Waals surface area contributed by atoms with Crippen molar-refractivity contribution in [3.05, 3.63) is 111 Å². The van der Waals surface area contributed by atoms with Crippen molar-refractivity contribution < 1.29 is 14.3 Å². The van der Waals surface area contributed by atoms with Crippen LogP contribution < -0.4 is 16.0 Å². The molecule has 1 aromatic heterocycles. The van der Waals surface area contributed by atoms with Crippen molar-refractivity contribution >= 4 is 40.1 Å². The Kier molecular flexibility index (Phi) is 6.58. The van der Waals surface area contributed by atoms with Gasteiger partial charge in [0.2, 0.25) is 5.78 Å². The maximum Gasteiger partial charge on any atom is 0.267 e. The highest BCUT2D eigenvalue weighted by atomic mass is 32.1. The Bertz CT molecular complexity index is 1460. The molecule has 7 nitrogen and oxygen atoms in total. The van der Waals surface area contributed by atoms with Crippen LogP contribution in [0.3, 0.4) is 0 Å². The van der Waals surface area contributed by atoms with E-state index in [1.165, 1.54) is 29.6 Å². The number of hydrogen-bond donors (Lipinski definition) is 3. The lowest BCUT2D eigenvalue weighted by atomic mass is 9.93. The van der Waals surface area contributed by atoms with Crippen LogP contribution in [-0.4, -0.2) is 43.3 Å². The summed E-state index contributed by atoms with van der Waals surface area (Å²) in [7, 11) is 3.57. The number of ether oxygens (including phenoxy) is 1. The first-order chi connectivity index (χ1) is 17.9. The molecule has 1 amide bonds. The third kappa shape index (κ3) is 4.63. The predicted octanol–water partition coefficient (Wildman–Crippen LogP) is 5.38. The van der Waals surface area contributed by atoms with Crippen LogP contribution in [0.25, 0.3) is 0 Å². The number of benzene rings is 1. The van der Waals surface area contributed by atoms with Gasteiger partial charge in [-0.1, -0.05) is 36.9 Å².